The molecular weight excluding hydrogens is 200 g/mol. The summed E-state index contributed by atoms with van der Waals surface area (Å²) in [6.45, 7) is 3.42. The zero-order valence-corrected chi connectivity index (χ0v) is 9.74. The minimum absolute atomic E-state index is 0.168. The zero-order chi connectivity index (χ0) is 11.4. The van der Waals surface area contributed by atoms with Crippen molar-refractivity contribution in [3.63, 3.8) is 0 Å². The Labute approximate surface area is 96.6 Å². The van der Waals surface area contributed by atoms with Crippen molar-refractivity contribution in [3.8, 4) is 0 Å². The minimum atomic E-state index is 0.168. The van der Waals surface area contributed by atoms with Crippen molar-refractivity contribution in [2.75, 3.05) is 13.2 Å². The first-order chi connectivity index (χ1) is 7.83. The van der Waals surface area contributed by atoms with E-state index in [2.05, 4.69) is 6.07 Å². The largest absolute Gasteiger partial charge is 0.382 e. The minimum Gasteiger partial charge on any atom is -0.382 e. The summed E-state index contributed by atoms with van der Waals surface area (Å²) >= 11 is 0. The van der Waals surface area contributed by atoms with Crippen LogP contribution in [0.4, 0.5) is 0 Å². The zero-order valence-electron chi connectivity index (χ0n) is 9.74. The third-order valence-electron chi connectivity index (χ3n) is 3.23. The molecule has 0 bridgehead atoms. The second kappa shape index (κ2) is 5.26. The van der Waals surface area contributed by atoms with E-state index in [4.69, 9.17) is 4.74 Å². The summed E-state index contributed by atoms with van der Waals surface area (Å²) in [7, 11) is 0. The number of ether oxygens (including phenoxy) is 1. The van der Waals surface area contributed by atoms with Crippen LogP contribution in [-0.4, -0.2) is 19.0 Å². The summed E-state index contributed by atoms with van der Waals surface area (Å²) in [6.07, 6.45) is 2.86. The SMILES string of the molecule is CCOCCC1CCc2ccccc2C1=O. The first-order valence-electron chi connectivity index (χ1n) is 6.02. The predicted molar refractivity (Wildman–Crippen MR) is 63.7 cm³/mol. The molecule has 0 saturated heterocycles. The third-order valence-corrected chi connectivity index (χ3v) is 3.23. The van der Waals surface area contributed by atoms with Crippen molar-refractivity contribution in [2.24, 2.45) is 5.92 Å². The number of fused-ring (bicyclic) bond motifs is 1. The second-order valence-corrected chi connectivity index (χ2v) is 4.24. The summed E-state index contributed by atoms with van der Waals surface area (Å²) in [5, 5.41) is 0. The van der Waals surface area contributed by atoms with Gasteiger partial charge < -0.3 is 4.74 Å². The van der Waals surface area contributed by atoms with E-state index in [1.54, 1.807) is 0 Å². The average Bonchev–Trinajstić information content (AvgIpc) is 2.33. The summed E-state index contributed by atoms with van der Waals surface area (Å²) < 4.78 is 5.32. The Hall–Kier alpha value is -1.15. The molecule has 0 aliphatic heterocycles. The normalized spacial score (nSPS) is 19.6. The lowest BCUT2D eigenvalue weighted by Gasteiger charge is -2.22. The standard InChI is InChI=1S/C14H18O2/c1-2-16-10-9-12-8-7-11-5-3-4-6-13(11)14(12)15/h3-6,12H,2,7-10H2,1H3. The topological polar surface area (TPSA) is 26.3 Å². The summed E-state index contributed by atoms with van der Waals surface area (Å²) in [5.74, 6) is 0.475. The molecule has 0 fully saturated rings. The van der Waals surface area contributed by atoms with Crippen LogP contribution < -0.4 is 0 Å². The van der Waals surface area contributed by atoms with Crippen molar-refractivity contribution in [1.82, 2.24) is 0 Å². The van der Waals surface area contributed by atoms with Crippen LogP contribution in [0.25, 0.3) is 0 Å². The maximum atomic E-state index is 12.2. The fraction of sp³-hybridized carbons (Fsp3) is 0.500. The molecule has 0 saturated carbocycles. The van der Waals surface area contributed by atoms with Crippen molar-refractivity contribution in [2.45, 2.75) is 26.2 Å². The van der Waals surface area contributed by atoms with Gasteiger partial charge in [-0.25, -0.2) is 0 Å². The van der Waals surface area contributed by atoms with Crippen molar-refractivity contribution in [3.05, 3.63) is 35.4 Å². The van der Waals surface area contributed by atoms with E-state index >= 15 is 0 Å². The van der Waals surface area contributed by atoms with Crippen molar-refractivity contribution in [1.29, 1.82) is 0 Å². The molecule has 0 amide bonds. The molecule has 0 spiro atoms. The molecule has 1 aromatic rings. The highest BCUT2D eigenvalue weighted by molar-refractivity contribution is 6.00. The van der Waals surface area contributed by atoms with Gasteiger partial charge in [0, 0.05) is 24.7 Å². The van der Waals surface area contributed by atoms with Gasteiger partial charge in [-0.05, 0) is 31.7 Å². The summed E-state index contributed by atoms with van der Waals surface area (Å²) in [6, 6.07) is 7.96. The van der Waals surface area contributed by atoms with E-state index in [1.807, 2.05) is 25.1 Å². The van der Waals surface area contributed by atoms with Gasteiger partial charge in [0.25, 0.3) is 0 Å². The van der Waals surface area contributed by atoms with Crippen molar-refractivity contribution >= 4 is 5.78 Å². The number of ketones is 1. The number of rotatable bonds is 4. The Bertz CT molecular complexity index is 371. The molecule has 86 valence electrons. The van der Waals surface area contributed by atoms with Gasteiger partial charge in [0.15, 0.2) is 5.78 Å². The van der Waals surface area contributed by atoms with Gasteiger partial charge in [-0.3, -0.25) is 4.79 Å². The van der Waals surface area contributed by atoms with E-state index < -0.39 is 0 Å². The smallest absolute Gasteiger partial charge is 0.166 e. The first kappa shape index (κ1) is 11.3. The lowest BCUT2D eigenvalue weighted by molar-refractivity contribution is 0.0828. The molecular formula is C14H18O2. The van der Waals surface area contributed by atoms with Gasteiger partial charge in [-0.2, -0.15) is 0 Å². The molecule has 0 heterocycles. The van der Waals surface area contributed by atoms with Crippen LogP contribution in [-0.2, 0) is 11.2 Å². The fourth-order valence-electron chi connectivity index (χ4n) is 2.30. The fourth-order valence-corrected chi connectivity index (χ4v) is 2.30. The molecule has 1 aromatic carbocycles. The van der Waals surface area contributed by atoms with Crippen LogP contribution in [0.5, 0.6) is 0 Å². The third kappa shape index (κ3) is 2.33. The molecule has 2 rings (SSSR count). The van der Waals surface area contributed by atoms with Crippen LogP contribution >= 0.6 is 0 Å². The maximum absolute atomic E-state index is 12.2. The van der Waals surface area contributed by atoms with Gasteiger partial charge in [0.2, 0.25) is 0 Å². The molecule has 0 radical (unpaired) electrons. The summed E-state index contributed by atoms with van der Waals surface area (Å²) in [4.78, 5) is 12.2. The highest BCUT2D eigenvalue weighted by Gasteiger charge is 2.26. The number of aryl methyl sites for hydroxylation is 1. The first-order valence-corrected chi connectivity index (χ1v) is 6.02. The second-order valence-electron chi connectivity index (χ2n) is 4.24. The molecule has 16 heavy (non-hydrogen) atoms. The molecule has 0 aromatic heterocycles. The van der Waals surface area contributed by atoms with Crippen LogP contribution in [0, 0.1) is 5.92 Å². The Kier molecular flexibility index (Phi) is 3.73. The van der Waals surface area contributed by atoms with E-state index in [-0.39, 0.29) is 5.92 Å². The van der Waals surface area contributed by atoms with Crippen LogP contribution in [0.15, 0.2) is 24.3 Å². The number of carbonyl (C=O) groups is 1. The van der Waals surface area contributed by atoms with E-state index in [9.17, 15) is 4.79 Å². The molecule has 0 N–H and O–H groups in total. The van der Waals surface area contributed by atoms with E-state index in [0.717, 1.165) is 31.4 Å². The van der Waals surface area contributed by atoms with Gasteiger partial charge in [0.1, 0.15) is 0 Å². The van der Waals surface area contributed by atoms with E-state index in [0.29, 0.717) is 12.4 Å². The molecule has 1 aliphatic carbocycles. The average molecular weight is 218 g/mol. The lowest BCUT2D eigenvalue weighted by atomic mass is 9.81. The van der Waals surface area contributed by atoms with E-state index in [1.165, 1.54) is 5.56 Å². The number of benzene rings is 1. The highest BCUT2D eigenvalue weighted by Crippen LogP contribution is 2.27. The monoisotopic (exact) mass is 218 g/mol. The molecule has 2 nitrogen and oxygen atoms in total. The van der Waals surface area contributed by atoms with Crippen LogP contribution in [0.1, 0.15) is 35.7 Å². The highest BCUT2D eigenvalue weighted by atomic mass is 16.5. The maximum Gasteiger partial charge on any atom is 0.166 e. The van der Waals surface area contributed by atoms with Gasteiger partial charge >= 0.3 is 0 Å². The quantitative estimate of drug-likeness (QED) is 0.726. The number of carbonyl (C=O) groups excluding carboxylic acids is 1. The number of hydrogen-bond donors (Lipinski definition) is 0. The van der Waals surface area contributed by atoms with Crippen molar-refractivity contribution < 1.29 is 9.53 Å². The van der Waals surface area contributed by atoms with Crippen LogP contribution in [0.3, 0.4) is 0 Å². The van der Waals surface area contributed by atoms with Gasteiger partial charge in [-0.15, -0.1) is 0 Å². The Morgan fingerprint density at radius 3 is 3.00 bits per heavy atom. The number of Topliss-reactive ketones (excluding diaryl/α,β-unsaturated/α-hetero) is 1. The molecule has 1 atom stereocenters. The van der Waals surface area contributed by atoms with Gasteiger partial charge in [0.05, 0.1) is 0 Å². The van der Waals surface area contributed by atoms with Gasteiger partial charge in [-0.1, -0.05) is 24.3 Å². The molecule has 2 heteroatoms. The Balaban J connectivity index is 2.03. The predicted octanol–water partition coefficient (Wildman–Crippen LogP) is 2.86. The Morgan fingerprint density at radius 2 is 2.19 bits per heavy atom. The summed E-state index contributed by atoms with van der Waals surface area (Å²) in [5.41, 5.74) is 2.13. The molecule has 1 unspecified atom stereocenters. The molecule has 1 aliphatic rings. The van der Waals surface area contributed by atoms with Crippen LogP contribution in [0.2, 0.25) is 0 Å². The Morgan fingerprint density at radius 1 is 1.38 bits per heavy atom. The number of hydrogen-bond acceptors (Lipinski definition) is 2. The lowest BCUT2D eigenvalue weighted by Crippen LogP contribution is -2.23.